The fourth-order valence-corrected chi connectivity index (χ4v) is 3.23. The molecule has 0 aliphatic carbocycles. The predicted molar refractivity (Wildman–Crippen MR) is 99.7 cm³/mol. The zero-order valence-corrected chi connectivity index (χ0v) is 14.5. The summed E-state index contributed by atoms with van der Waals surface area (Å²) in [6.07, 6.45) is 2.43. The van der Waals surface area contributed by atoms with E-state index in [-0.39, 0.29) is 0 Å². The van der Waals surface area contributed by atoms with Crippen LogP contribution in [0.4, 0.5) is 20.3 Å². The lowest BCUT2D eigenvalue weighted by molar-refractivity contribution is 0.102. The Kier molecular flexibility index (Phi) is 4.54. The van der Waals surface area contributed by atoms with Crippen LogP contribution in [0.15, 0.2) is 60.8 Å². The van der Waals surface area contributed by atoms with Crippen molar-refractivity contribution >= 4 is 17.4 Å². The van der Waals surface area contributed by atoms with Crippen LogP contribution in [0.25, 0.3) is 0 Å². The predicted octanol–water partition coefficient (Wildman–Crippen LogP) is 4.17. The molecule has 0 radical (unpaired) electrons. The molecule has 3 aromatic rings. The van der Waals surface area contributed by atoms with E-state index in [9.17, 15) is 13.6 Å². The van der Waals surface area contributed by atoms with Crippen LogP contribution in [-0.2, 0) is 13.0 Å². The van der Waals surface area contributed by atoms with Gasteiger partial charge in [-0.2, -0.15) is 0 Å². The van der Waals surface area contributed by atoms with Crippen LogP contribution < -0.4 is 10.2 Å². The number of hydrogen-bond acceptors (Lipinski definition) is 3. The minimum Gasteiger partial charge on any atom is -0.352 e. The van der Waals surface area contributed by atoms with Gasteiger partial charge >= 0.3 is 0 Å². The smallest absolute Gasteiger partial charge is 0.256 e. The summed E-state index contributed by atoms with van der Waals surface area (Å²) in [5, 5.41) is 2.31. The number of hydrogen-bond donors (Lipinski definition) is 1. The average Bonchev–Trinajstić information content (AvgIpc) is 2.70. The number of fused-ring (bicyclic) bond motifs is 1. The third-order valence-electron chi connectivity index (χ3n) is 4.66. The summed E-state index contributed by atoms with van der Waals surface area (Å²) in [6, 6.07) is 14.8. The topological polar surface area (TPSA) is 45.2 Å². The molecule has 0 spiro atoms. The minimum absolute atomic E-state index is 0.293. The largest absolute Gasteiger partial charge is 0.352 e. The number of nitrogens with zero attached hydrogens (tertiary/aromatic N) is 2. The molecule has 4 rings (SSSR count). The highest BCUT2D eigenvalue weighted by Crippen LogP contribution is 2.24. The van der Waals surface area contributed by atoms with E-state index in [1.807, 2.05) is 12.1 Å². The second-order valence-electron chi connectivity index (χ2n) is 6.39. The zero-order valence-electron chi connectivity index (χ0n) is 14.5. The quantitative estimate of drug-likeness (QED) is 0.758. The molecule has 0 unspecified atom stereocenters. The van der Waals surface area contributed by atoms with Crippen molar-refractivity contribution in [3.8, 4) is 0 Å². The lowest BCUT2D eigenvalue weighted by Gasteiger charge is -2.29. The highest BCUT2D eigenvalue weighted by molar-refractivity contribution is 6.04. The van der Waals surface area contributed by atoms with Crippen molar-refractivity contribution in [3.63, 3.8) is 0 Å². The first-order valence-electron chi connectivity index (χ1n) is 8.65. The van der Waals surface area contributed by atoms with Crippen LogP contribution in [0.1, 0.15) is 21.5 Å². The van der Waals surface area contributed by atoms with Crippen LogP contribution in [0.3, 0.4) is 0 Å². The number of amides is 1. The van der Waals surface area contributed by atoms with E-state index in [0.717, 1.165) is 25.1 Å². The normalized spacial score (nSPS) is 13.2. The molecule has 1 aliphatic rings. The van der Waals surface area contributed by atoms with Gasteiger partial charge in [0.2, 0.25) is 0 Å². The molecule has 0 fully saturated rings. The number of carbonyl (C=O) groups excluding carboxylic acids is 1. The Balaban J connectivity index is 1.55. The molecule has 1 aliphatic heterocycles. The molecule has 2 aromatic carbocycles. The number of carbonyl (C=O) groups is 1. The number of anilines is 2. The molecule has 136 valence electrons. The van der Waals surface area contributed by atoms with Gasteiger partial charge < -0.3 is 10.2 Å². The summed E-state index contributed by atoms with van der Waals surface area (Å²) in [4.78, 5) is 18.9. The van der Waals surface area contributed by atoms with Crippen LogP contribution >= 0.6 is 0 Å². The summed E-state index contributed by atoms with van der Waals surface area (Å²) in [5.74, 6) is -1.55. The molecule has 2 heterocycles. The fourth-order valence-electron chi connectivity index (χ4n) is 3.23. The molecule has 0 saturated heterocycles. The summed E-state index contributed by atoms with van der Waals surface area (Å²) >= 11 is 0. The van der Waals surface area contributed by atoms with E-state index in [2.05, 4.69) is 27.3 Å². The maximum Gasteiger partial charge on any atom is 0.256 e. The van der Waals surface area contributed by atoms with Gasteiger partial charge in [-0.15, -0.1) is 0 Å². The van der Waals surface area contributed by atoms with Crippen molar-refractivity contribution in [2.24, 2.45) is 0 Å². The van der Waals surface area contributed by atoms with E-state index < -0.39 is 23.2 Å². The van der Waals surface area contributed by atoms with Gasteiger partial charge in [-0.1, -0.05) is 30.3 Å². The first kappa shape index (κ1) is 17.1. The number of nitrogens with one attached hydrogen (secondary N) is 1. The van der Waals surface area contributed by atoms with Crippen molar-refractivity contribution in [3.05, 3.63) is 89.1 Å². The third-order valence-corrected chi connectivity index (χ3v) is 4.66. The molecule has 6 heteroatoms. The summed E-state index contributed by atoms with van der Waals surface area (Å²) in [7, 11) is 0. The zero-order chi connectivity index (χ0) is 18.8. The molecule has 4 nitrogen and oxygen atoms in total. The Hall–Kier alpha value is -3.28. The van der Waals surface area contributed by atoms with Gasteiger partial charge in [-0.3, -0.25) is 4.79 Å². The molecule has 0 atom stereocenters. The number of halogens is 2. The van der Waals surface area contributed by atoms with Crippen molar-refractivity contribution in [2.75, 3.05) is 16.8 Å². The number of benzene rings is 2. The Morgan fingerprint density at radius 3 is 2.52 bits per heavy atom. The number of pyridine rings is 1. The van der Waals surface area contributed by atoms with Gasteiger partial charge in [0.15, 0.2) is 0 Å². The number of aromatic nitrogens is 1. The van der Waals surface area contributed by atoms with Crippen LogP contribution in [0.2, 0.25) is 0 Å². The molecular weight excluding hydrogens is 348 g/mol. The second kappa shape index (κ2) is 7.15. The summed E-state index contributed by atoms with van der Waals surface area (Å²) in [6.45, 7) is 1.49. The van der Waals surface area contributed by atoms with Crippen LogP contribution in [-0.4, -0.2) is 17.4 Å². The Labute approximate surface area is 155 Å². The maximum absolute atomic E-state index is 13.8. The molecule has 0 bridgehead atoms. The summed E-state index contributed by atoms with van der Waals surface area (Å²) < 4.78 is 27.5. The maximum atomic E-state index is 13.8. The van der Waals surface area contributed by atoms with Gasteiger partial charge in [-0.05, 0) is 41.8 Å². The van der Waals surface area contributed by atoms with E-state index in [0.29, 0.717) is 17.9 Å². The lowest BCUT2D eigenvalue weighted by Crippen LogP contribution is -2.31. The van der Waals surface area contributed by atoms with Crippen molar-refractivity contribution in [1.29, 1.82) is 0 Å². The van der Waals surface area contributed by atoms with Gasteiger partial charge in [-0.25, -0.2) is 13.8 Å². The third kappa shape index (κ3) is 3.51. The molecule has 27 heavy (non-hydrogen) atoms. The molecule has 0 saturated carbocycles. The fraction of sp³-hybridized carbons (Fsp3) is 0.143. The first-order valence-corrected chi connectivity index (χ1v) is 8.65. The van der Waals surface area contributed by atoms with E-state index in [1.165, 1.54) is 29.5 Å². The van der Waals surface area contributed by atoms with Crippen molar-refractivity contribution in [1.82, 2.24) is 4.98 Å². The van der Waals surface area contributed by atoms with E-state index in [1.54, 1.807) is 6.07 Å². The molecule has 1 aromatic heterocycles. The first-order chi connectivity index (χ1) is 13.1. The van der Waals surface area contributed by atoms with Gasteiger partial charge in [0.1, 0.15) is 23.1 Å². The van der Waals surface area contributed by atoms with Crippen molar-refractivity contribution < 1.29 is 13.6 Å². The van der Waals surface area contributed by atoms with E-state index in [4.69, 9.17) is 0 Å². The van der Waals surface area contributed by atoms with Crippen molar-refractivity contribution in [2.45, 2.75) is 13.0 Å². The van der Waals surface area contributed by atoms with Crippen LogP contribution in [0, 0.1) is 11.6 Å². The Morgan fingerprint density at radius 2 is 1.74 bits per heavy atom. The van der Waals surface area contributed by atoms with Gasteiger partial charge in [0.05, 0.1) is 0 Å². The SMILES string of the molecule is O=C(Nc1c(F)cccc1F)c1ccnc(N2CCc3ccccc3C2)c1. The standard InChI is InChI=1S/C21H17F2N3O/c22-17-6-3-7-18(23)20(17)25-21(27)15-8-10-24-19(12-15)26-11-9-14-4-1-2-5-16(14)13-26/h1-8,10,12H,9,11,13H2,(H,25,27). The monoisotopic (exact) mass is 365 g/mol. The Morgan fingerprint density at radius 1 is 1.00 bits per heavy atom. The molecular formula is C21H17F2N3O. The molecule has 1 N–H and O–H groups in total. The molecule has 1 amide bonds. The number of rotatable bonds is 3. The average molecular weight is 365 g/mol. The highest BCUT2D eigenvalue weighted by Gasteiger charge is 2.19. The van der Waals surface area contributed by atoms with E-state index >= 15 is 0 Å². The van der Waals surface area contributed by atoms with Gasteiger partial charge in [0, 0.05) is 24.8 Å². The van der Waals surface area contributed by atoms with Crippen LogP contribution in [0.5, 0.6) is 0 Å². The minimum atomic E-state index is -0.815. The second-order valence-corrected chi connectivity index (χ2v) is 6.39. The number of para-hydroxylation sites is 1. The van der Waals surface area contributed by atoms with Gasteiger partial charge in [0.25, 0.3) is 5.91 Å². The summed E-state index contributed by atoms with van der Waals surface area (Å²) in [5.41, 5.74) is 2.39. The lowest BCUT2D eigenvalue weighted by atomic mass is 10.00. The Bertz CT molecular complexity index is 986. The highest BCUT2D eigenvalue weighted by atomic mass is 19.1.